The Morgan fingerprint density at radius 2 is 1.75 bits per heavy atom. The molecular formula is C27H27N3O2. The molecule has 0 bridgehead atoms. The minimum absolute atomic E-state index is 0.0594. The summed E-state index contributed by atoms with van der Waals surface area (Å²) in [7, 11) is 0. The summed E-state index contributed by atoms with van der Waals surface area (Å²) in [6.07, 6.45) is 2.83. The van der Waals surface area contributed by atoms with Crippen molar-refractivity contribution in [2.75, 3.05) is 5.73 Å². The average molecular weight is 426 g/mol. The Bertz CT molecular complexity index is 1300. The number of nitrogens with zero attached hydrogens (tertiary/aromatic N) is 2. The predicted molar refractivity (Wildman–Crippen MR) is 129 cm³/mol. The van der Waals surface area contributed by atoms with E-state index in [0.29, 0.717) is 17.4 Å². The second-order valence-electron chi connectivity index (χ2n) is 8.40. The van der Waals surface area contributed by atoms with Gasteiger partial charge in [0, 0.05) is 0 Å². The summed E-state index contributed by atoms with van der Waals surface area (Å²) in [6, 6.07) is 24.4. The minimum atomic E-state index is -0.118. The smallest absolute Gasteiger partial charge is 0.262 e. The first-order valence-corrected chi connectivity index (χ1v) is 11.2. The summed E-state index contributed by atoms with van der Waals surface area (Å²) < 4.78 is 7.78. The molecule has 162 valence electrons. The Hall–Kier alpha value is -3.44. The zero-order valence-corrected chi connectivity index (χ0v) is 18.2. The second-order valence-corrected chi connectivity index (χ2v) is 8.40. The molecule has 2 N–H and O–H groups in total. The van der Waals surface area contributed by atoms with Crippen molar-refractivity contribution in [1.29, 1.82) is 0 Å². The Labute approximate surface area is 187 Å². The number of anilines is 1. The van der Waals surface area contributed by atoms with E-state index in [2.05, 4.69) is 48.3 Å². The molecule has 1 fully saturated rings. The van der Waals surface area contributed by atoms with Crippen molar-refractivity contribution < 1.29 is 4.74 Å². The van der Waals surface area contributed by atoms with E-state index in [-0.39, 0.29) is 23.7 Å². The topological polar surface area (TPSA) is 70.1 Å². The Morgan fingerprint density at radius 3 is 2.50 bits per heavy atom. The minimum Gasteiger partial charge on any atom is -0.369 e. The van der Waals surface area contributed by atoms with E-state index in [1.54, 1.807) is 4.57 Å². The van der Waals surface area contributed by atoms with E-state index in [1.807, 2.05) is 36.4 Å². The molecule has 2 heterocycles. The van der Waals surface area contributed by atoms with Crippen LogP contribution in [0.4, 0.5) is 5.95 Å². The molecule has 0 radical (unpaired) electrons. The molecule has 0 amide bonds. The summed E-state index contributed by atoms with van der Waals surface area (Å²) in [5.74, 6) is 0.229. The third-order valence-corrected chi connectivity index (χ3v) is 6.35. The van der Waals surface area contributed by atoms with Crippen LogP contribution in [0, 0.1) is 0 Å². The highest BCUT2D eigenvalue weighted by molar-refractivity contribution is 5.84. The van der Waals surface area contributed by atoms with Crippen LogP contribution in [0.3, 0.4) is 0 Å². The first kappa shape index (κ1) is 20.5. The van der Waals surface area contributed by atoms with E-state index in [1.165, 1.54) is 11.1 Å². The first-order valence-electron chi connectivity index (χ1n) is 11.2. The first-order chi connectivity index (χ1) is 15.6. The summed E-state index contributed by atoms with van der Waals surface area (Å²) in [4.78, 5) is 17.8. The zero-order valence-electron chi connectivity index (χ0n) is 18.2. The van der Waals surface area contributed by atoms with E-state index in [0.717, 1.165) is 30.4 Å². The lowest BCUT2D eigenvalue weighted by Gasteiger charge is -2.17. The van der Waals surface area contributed by atoms with Gasteiger partial charge < -0.3 is 10.5 Å². The van der Waals surface area contributed by atoms with Gasteiger partial charge in [0.2, 0.25) is 5.95 Å². The number of hydrogen-bond acceptors (Lipinski definition) is 4. The summed E-state index contributed by atoms with van der Waals surface area (Å²) in [6.45, 7) is 2.55. The predicted octanol–water partition coefficient (Wildman–Crippen LogP) is 5.13. The van der Waals surface area contributed by atoms with E-state index < -0.39 is 0 Å². The molecule has 5 nitrogen and oxygen atoms in total. The van der Waals surface area contributed by atoms with Gasteiger partial charge in [0.15, 0.2) is 0 Å². The molecule has 2 atom stereocenters. The molecule has 0 aliphatic carbocycles. The van der Waals surface area contributed by atoms with Gasteiger partial charge in [-0.25, -0.2) is 4.98 Å². The van der Waals surface area contributed by atoms with Crippen LogP contribution in [0.15, 0.2) is 77.6 Å². The zero-order chi connectivity index (χ0) is 22.1. The largest absolute Gasteiger partial charge is 0.369 e. The summed E-state index contributed by atoms with van der Waals surface area (Å²) in [5, 5.41) is 0.575. The third-order valence-electron chi connectivity index (χ3n) is 6.35. The van der Waals surface area contributed by atoms with Gasteiger partial charge in [-0.1, -0.05) is 67.6 Å². The molecule has 1 aliphatic heterocycles. The van der Waals surface area contributed by atoms with Gasteiger partial charge in [-0.2, -0.15) is 0 Å². The van der Waals surface area contributed by atoms with E-state index in [4.69, 9.17) is 10.5 Å². The number of nitrogen functional groups attached to an aromatic ring is 1. The van der Waals surface area contributed by atoms with Crippen LogP contribution >= 0.6 is 0 Å². The van der Waals surface area contributed by atoms with Gasteiger partial charge in [0.1, 0.15) is 0 Å². The summed E-state index contributed by atoms with van der Waals surface area (Å²) in [5.41, 5.74) is 11.3. The van der Waals surface area contributed by atoms with Crippen LogP contribution in [0.25, 0.3) is 22.0 Å². The Kier molecular flexibility index (Phi) is 5.50. The lowest BCUT2D eigenvalue weighted by atomic mass is 10.0. The van der Waals surface area contributed by atoms with Crippen molar-refractivity contribution >= 4 is 16.9 Å². The molecule has 1 saturated heterocycles. The molecule has 1 aromatic heterocycles. The molecule has 4 aromatic rings. The fraction of sp³-hybridized carbons (Fsp3) is 0.259. The van der Waals surface area contributed by atoms with Crippen molar-refractivity contribution in [2.45, 2.75) is 44.9 Å². The lowest BCUT2D eigenvalue weighted by molar-refractivity contribution is 0.0348. The fourth-order valence-corrected chi connectivity index (χ4v) is 4.48. The Morgan fingerprint density at radius 1 is 1.00 bits per heavy atom. The van der Waals surface area contributed by atoms with Crippen molar-refractivity contribution in [1.82, 2.24) is 9.55 Å². The van der Waals surface area contributed by atoms with Crippen LogP contribution in [0.1, 0.15) is 37.0 Å². The van der Waals surface area contributed by atoms with Crippen LogP contribution in [0.2, 0.25) is 0 Å². The quantitative estimate of drug-likeness (QED) is 0.481. The number of benzene rings is 3. The maximum Gasteiger partial charge on any atom is 0.262 e. The molecule has 0 spiro atoms. The molecule has 1 aliphatic rings. The summed E-state index contributed by atoms with van der Waals surface area (Å²) >= 11 is 0. The maximum atomic E-state index is 13.2. The standard InChI is InChI=1S/C27H27N3O2/c1-2-18-8-10-19(11-9-18)21-12-14-23-24(16-21)29-27(28)30(26(23)31)17-22-13-15-25(32-22)20-6-4-3-5-7-20/h3-12,14,16,22,25H,2,13,15,17H2,1H3,(H2,28,29). The van der Waals surface area contributed by atoms with E-state index >= 15 is 0 Å². The van der Waals surface area contributed by atoms with Crippen molar-refractivity contribution in [3.63, 3.8) is 0 Å². The number of hydrogen-bond donors (Lipinski definition) is 1. The fourth-order valence-electron chi connectivity index (χ4n) is 4.48. The molecular weight excluding hydrogens is 398 g/mol. The molecule has 32 heavy (non-hydrogen) atoms. The SMILES string of the molecule is CCc1ccc(-c2ccc3c(=O)n(CC4CCC(c5ccccc5)O4)c(N)nc3c2)cc1. The highest BCUT2D eigenvalue weighted by Gasteiger charge is 2.27. The lowest BCUT2D eigenvalue weighted by Crippen LogP contribution is -2.29. The normalized spacial score (nSPS) is 18.3. The third kappa shape index (κ3) is 3.92. The van der Waals surface area contributed by atoms with Gasteiger partial charge >= 0.3 is 0 Å². The second kappa shape index (κ2) is 8.60. The molecule has 2 unspecified atom stereocenters. The van der Waals surface area contributed by atoms with Crippen molar-refractivity contribution in [2.24, 2.45) is 0 Å². The molecule has 5 rings (SSSR count). The van der Waals surface area contributed by atoms with Crippen molar-refractivity contribution in [3.05, 3.63) is 94.3 Å². The highest BCUT2D eigenvalue weighted by atomic mass is 16.5. The Balaban J connectivity index is 1.40. The number of fused-ring (bicyclic) bond motifs is 1. The van der Waals surface area contributed by atoms with Crippen LogP contribution < -0.4 is 11.3 Å². The number of aryl methyl sites for hydroxylation is 1. The van der Waals surface area contributed by atoms with Crippen LogP contribution in [0.5, 0.6) is 0 Å². The average Bonchev–Trinajstić information content (AvgIpc) is 3.31. The van der Waals surface area contributed by atoms with E-state index in [9.17, 15) is 4.79 Å². The van der Waals surface area contributed by atoms with Crippen LogP contribution in [-0.2, 0) is 17.7 Å². The molecule has 5 heteroatoms. The molecule has 3 aromatic carbocycles. The number of aromatic nitrogens is 2. The van der Waals surface area contributed by atoms with Crippen molar-refractivity contribution in [3.8, 4) is 11.1 Å². The number of nitrogens with two attached hydrogens (primary N) is 1. The number of ether oxygens (including phenoxy) is 1. The van der Waals surface area contributed by atoms with Gasteiger partial charge in [-0.3, -0.25) is 9.36 Å². The van der Waals surface area contributed by atoms with Crippen LogP contribution in [-0.4, -0.2) is 15.7 Å². The van der Waals surface area contributed by atoms with Gasteiger partial charge in [-0.05, 0) is 53.6 Å². The van der Waals surface area contributed by atoms with Gasteiger partial charge in [-0.15, -0.1) is 0 Å². The van der Waals surface area contributed by atoms with Gasteiger partial charge in [0.25, 0.3) is 5.56 Å². The monoisotopic (exact) mass is 425 g/mol. The molecule has 0 saturated carbocycles. The number of rotatable bonds is 5. The van der Waals surface area contributed by atoms with Gasteiger partial charge in [0.05, 0.1) is 29.7 Å². The maximum absolute atomic E-state index is 13.2. The highest BCUT2D eigenvalue weighted by Crippen LogP contribution is 2.33.